The van der Waals surface area contributed by atoms with Crippen molar-refractivity contribution in [3.8, 4) is 5.75 Å². The summed E-state index contributed by atoms with van der Waals surface area (Å²) in [5.74, 6) is -1.62. The summed E-state index contributed by atoms with van der Waals surface area (Å²) in [6.45, 7) is 2.14. The molecule has 2 heterocycles. The van der Waals surface area contributed by atoms with Crippen LogP contribution in [0.25, 0.3) is 0 Å². The van der Waals surface area contributed by atoms with Gasteiger partial charge in [0.1, 0.15) is 11.7 Å². The Bertz CT molecular complexity index is 1120. The lowest BCUT2D eigenvalue weighted by molar-refractivity contribution is -0.175. The second-order valence-electron chi connectivity index (χ2n) is 7.93. The Morgan fingerprint density at radius 1 is 1.20 bits per heavy atom. The molecular weight excluding hydrogens is 406 g/mol. The molecule has 0 saturated carbocycles. The van der Waals surface area contributed by atoms with Crippen LogP contribution in [0, 0.1) is 5.92 Å². The van der Waals surface area contributed by atoms with Crippen LogP contribution >= 0.6 is 0 Å². The third-order valence-corrected chi connectivity index (χ3v) is 6.86. The molecule has 0 aromatic heterocycles. The molecule has 1 fully saturated rings. The van der Waals surface area contributed by atoms with Gasteiger partial charge in [-0.25, -0.2) is 13.6 Å². The monoisotopic (exact) mass is 429 g/mol. The molecule has 8 nitrogen and oxygen atoms in total. The average molecular weight is 429 g/mol. The fraction of sp³-hybridized carbons (Fsp3) is 0.333. The van der Waals surface area contributed by atoms with Crippen LogP contribution in [-0.2, 0) is 26.0 Å². The molecule has 158 valence electrons. The number of likely N-dealkylation sites (tertiary alicyclic amines) is 1. The molecule has 3 atom stereocenters. The minimum Gasteiger partial charge on any atom is -0.468 e. The summed E-state index contributed by atoms with van der Waals surface area (Å²) in [4.78, 5) is 27.0. The van der Waals surface area contributed by atoms with Gasteiger partial charge in [0.05, 0.1) is 4.90 Å². The third kappa shape index (κ3) is 3.44. The number of benzene rings is 2. The number of primary sulfonamides is 1. The van der Waals surface area contributed by atoms with E-state index in [1.165, 1.54) is 12.1 Å². The maximum Gasteiger partial charge on any atom is 0.238 e. The van der Waals surface area contributed by atoms with Gasteiger partial charge in [-0.1, -0.05) is 30.3 Å². The van der Waals surface area contributed by atoms with Crippen LogP contribution in [0.3, 0.4) is 0 Å². The van der Waals surface area contributed by atoms with Crippen molar-refractivity contribution in [2.24, 2.45) is 16.8 Å². The van der Waals surface area contributed by atoms with Gasteiger partial charge in [-0.3, -0.25) is 9.59 Å². The number of nitrogens with two attached hydrogens (primary N) is 2. The predicted octanol–water partition coefficient (Wildman–Crippen LogP) is 1.10. The smallest absolute Gasteiger partial charge is 0.238 e. The number of hydrogen-bond donors (Lipinski definition) is 2. The molecule has 2 bridgehead atoms. The van der Waals surface area contributed by atoms with E-state index in [0.717, 1.165) is 11.1 Å². The number of piperidine rings is 1. The SMILES string of the molecule is CC12CC(c3ccccc3O1)C(C(N)=O)C(=O)N2CCc1ccc(S(N)(=O)=O)cc1. The second kappa shape index (κ2) is 7.10. The van der Waals surface area contributed by atoms with Gasteiger partial charge >= 0.3 is 0 Å². The number of fused-ring (bicyclic) bond motifs is 4. The lowest BCUT2D eigenvalue weighted by Crippen LogP contribution is -2.64. The molecule has 0 aliphatic carbocycles. The first-order valence-electron chi connectivity index (χ1n) is 9.61. The van der Waals surface area contributed by atoms with Gasteiger partial charge in [0.15, 0.2) is 5.72 Å². The highest BCUT2D eigenvalue weighted by Crippen LogP contribution is 2.49. The Kier molecular flexibility index (Phi) is 4.82. The number of para-hydroxylation sites is 1. The Hall–Kier alpha value is -2.91. The van der Waals surface area contributed by atoms with Gasteiger partial charge < -0.3 is 15.4 Å². The number of nitrogens with zero attached hydrogens (tertiary/aromatic N) is 1. The summed E-state index contributed by atoms with van der Waals surface area (Å²) < 4.78 is 29.0. The maximum absolute atomic E-state index is 13.3. The first-order chi connectivity index (χ1) is 14.1. The zero-order valence-corrected chi connectivity index (χ0v) is 17.3. The summed E-state index contributed by atoms with van der Waals surface area (Å²) in [7, 11) is -3.77. The standard InChI is InChI=1S/C21H23N3O5S/c1-21-12-16(15-4-2-3-5-17(15)29-21)18(19(22)25)20(26)24(21)11-10-13-6-8-14(9-7-13)30(23,27)28/h2-9,16,18H,10-12H2,1H3,(H2,22,25)(H2,23,27,28). The first-order valence-corrected chi connectivity index (χ1v) is 11.2. The number of carbonyl (C=O) groups is 2. The number of rotatable bonds is 5. The van der Waals surface area contributed by atoms with Crippen LogP contribution in [-0.4, -0.2) is 37.4 Å². The zero-order chi connectivity index (χ0) is 21.7. The van der Waals surface area contributed by atoms with Crippen molar-refractivity contribution in [1.29, 1.82) is 0 Å². The fourth-order valence-corrected chi connectivity index (χ4v) is 4.98. The van der Waals surface area contributed by atoms with Crippen LogP contribution in [0.15, 0.2) is 53.4 Å². The van der Waals surface area contributed by atoms with Crippen LogP contribution < -0.4 is 15.6 Å². The maximum atomic E-state index is 13.3. The van der Waals surface area contributed by atoms with E-state index in [0.29, 0.717) is 25.1 Å². The highest BCUT2D eigenvalue weighted by Gasteiger charge is 2.55. The van der Waals surface area contributed by atoms with E-state index < -0.39 is 27.6 Å². The topological polar surface area (TPSA) is 133 Å². The number of sulfonamides is 1. The summed E-state index contributed by atoms with van der Waals surface area (Å²) in [5.41, 5.74) is 6.38. The van der Waals surface area contributed by atoms with Crippen LogP contribution in [0.2, 0.25) is 0 Å². The van der Waals surface area contributed by atoms with E-state index in [2.05, 4.69) is 0 Å². The highest BCUT2D eigenvalue weighted by atomic mass is 32.2. The molecule has 30 heavy (non-hydrogen) atoms. The van der Waals surface area contributed by atoms with Crippen molar-refractivity contribution in [3.05, 3.63) is 59.7 Å². The van der Waals surface area contributed by atoms with Gasteiger partial charge in [0.25, 0.3) is 0 Å². The van der Waals surface area contributed by atoms with Gasteiger partial charge in [-0.05, 0) is 42.7 Å². The summed E-state index contributed by atoms with van der Waals surface area (Å²) in [5, 5.41) is 5.13. The molecule has 3 unspecified atom stereocenters. The van der Waals surface area contributed by atoms with E-state index in [1.54, 1.807) is 17.0 Å². The highest BCUT2D eigenvalue weighted by molar-refractivity contribution is 7.89. The number of ether oxygens (including phenoxy) is 1. The van der Waals surface area contributed by atoms with Crippen molar-refractivity contribution in [1.82, 2.24) is 4.90 Å². The van der Waals surface area contributed by atoms with Gasteiger partial charge in [0, 0.05) is 18.9 Å². The lowest BCUT2D eigenvalue weighted by atomic mass is 9.73. The van der Waals surface area contributed by atoms with E-state index in [4.69, 9.17) is 15.6 Å². The van der Waals surface area contributed by atoms with Gasteiger partial charge in [-0.2, -0.15) is 0 Å². The zero-order valence-electron chi connectivity index (χ0n) is 16.4. The lowest BCUT2D eigenvalue weighted by Gasteiger charge is -2.52. The molecular formula is C21H23N3O5S. The molecule has 9 heteroatoms. The van der Waals surface area contributed by atoms with Crippen molar-refractivity contribution in [3.63, 3.8) is 0 Å². The quantitative estimate of drug-likeness (QED) is 0.687. The molecule has 2 amide bonds. The van der Waals surface area contributed by atoms with E-state index in [1.807, 2.05) is 31.2 Å². The minimum atomic E-state index is -3.77. The predicted molar refractivity (Wildman–Crippen MR) is 109 cm³/mol. The summed E-state index contributed by atoms with van der Waals surface area (Å²) in [6, 6.07) is 13.6. The summed E-state index contributed by atoms with van der Waals surface area (Å²) in [6.07, 6.45) is 0.918. The first kappa shape index (κ1) is 20.4. The van der Waals surface area contributed by atoms with Gasteiger partial charge in [0.2, 0.25) is 21.8 Å². The molecule has 1 saturated heterocycles. The second-order valence-corrected chi connectivity index (χ2v) is 9.50. The van der Waals surface area contributed by atoms with E-state index in [-0.39, 0.29) is 16.7 Å². The van der Waals surface area contributed by atoms with Crippen LogP contribution in [0.4, 0.5) is 0 Å². The van der Waals surface area contributed by atoms with Crippen molar-refractivity contribution in [2.75, 3.05) is 6.54 Å². The molecule has 0 spiro atoms. The van der Waals surface area contributed by atoms with Crippen molar-refractivity contribution < 1.29 is 22.7 Å². The molecule has 2 aromatic rings. The molecule has 0 radical (unpaired) electrons. The largest absolute Gasteiger partial charge is 0.468 e. The Balaban J connectivity index is 1.62. The number of amides is 2. The van der Waals surface area contributed by atoms with Crippen LogP contribution in [0.5, 0.6) is 5.75 Å². The molecule has 2 aromatic carbocycles. The molecule has 4 N–H and O–H groups in total. The Morgan fingerprint density at radius 3 is 2.50 bits per heavy atom. The number of hydrogen-bond acceptors (Lipinski definition) is 5. The number of primary amides is 1. The van der Waals surface area contributed by atoms with Crippen LogP contribution in [0.1, 0.15) is 30.4 Å². The third-order valence-electron chi connectivity index (χ3n) is 5.93. The minimum absolute atomic E-state index is 0.0242. The van der Waals surface area contributed by atoms with E-state index in [9.17, 15) is 18.0 Å². The fourth-order valence-electron chi connectivity index (χ4n) is 4.47. The molecule has 4 rings (SSSR count). The van der Waals surface area contributed by atoms with Crippen molar-refractivity contribution in [2.45, 2.75) is 36.3 Å². The summed E-state index contributed by atoms with van der Waals surface area (Å²) >= 11 is 0. The van der Waals surface area contributed by atoms with Crippen molar-refractivity contribution >= 4 is 21.8 Å². The number of carbonyl (C=O) groups excluding carboxylic acids is 2. The normalized spacial score (nSPS) is 25.4. The van der Waals surface area contributed by atoms with Gasteiger partial charge in [-0.15, -0.1) is 0 Å². The Morgan fingerprint density at radius 2 is 1.87 bits per heavy atom. The van der Waals surface area contributed by atoms with E-state index >= 15 is 0 Å². The Labute approximate surface area is 174 Å². The molecule has 2 aliphatic heterocycles. The average Bonchev–Trinajstić information content (AvgIpc) is 2.67. The molecule has 2 aliphatic rings.